The molecule has 0 fully saturated rings. The molecule has 6 nitrogen and oxygen atoms in total. The van der Waals surface area contributed by atoms with Crippen LogP contribution in [0.3, 0.4) is 0 Å². The third-order valence-electron chi connectivity index (χ3n) is 3.78. The Morgan fingerprint density at radius 1 is 1.00 bits per heavy atom. The van der Waals surface area contributed by atoms with Crippen molar-refractivity contribution in [2.45, 2.75) is 13.8 Å². The first-order valence-electron chi connectivity index (χ1n) is 7.68. The van der Waals surface area contributed by atoms with Crippen LogP contribution in [0.15, 0.2) is 42.7 Å². The summed E-state index contributed by atoms with van der Waals surface area (Å²) in [4.78, 5) is 16.5. The number of H-pyrrole nitrogens is 1. The third-order valence-corrected chi connectivity index (χ3v) is 3.78. The monoisotopic (exact) mass is 316 g/mol. The molecule has 4 aromatic rings. The molecule has 0 unspecified atom stereocenters. The minimum atomic E-state index is 0.644. The van der Waals surface area contributed by atoms with Crippen molar-refractivity contribution in [1.29, 1.82) is 0 Å². The van der Waals surface area contributed by atoms with Crippen molar-refractivity contribution < 1.29 is 0 Å². The molecule has 118 valence electrons. The van der Waals surface area contributed by atoms with Gasteiger partial charge in [-0.2, -0.15) is 0 Å². The molecule has 3 aromatic heterocycles. The lowest BCUT2D eigenvalue weighted by Crippen LogP contribution is -1.97. The highest BCUT2D eigenvalue weighted by Gasteiger charge is 2.07. The molecule has 1 N–H and O–H groups in total. The molecule has 0 atom stereocenters. The second-order valence-electron chi connectivity index (χ2n) is 5.58. The number of nitrogens with zero attached hydrogens (tertiary/aromatic N) is 5. The van der Waals surface area contributed by atoms with Crippen LogP contribution in [0.25, 0.3) is 29.2 Å². The number of aromatic amines is 1. The minimum absolute atomic E-state index is 0.644. The van der Waals surface area contributed by atoms with E-state index in [1.807, 2.05) is 60.8 Å². The standard InChI is InChI=1S/C18H16N6/c1-12-10-19-13(2)18-22-16(23-24(12)18)9-8-15-11-20-17(21-15)14-6-4-3-5-7-14/h3-11H,1-2H3,(H,20,21)/b9-8+. The maximum absolute atomic E-state index is 4.52. The molecule has 0 saturated carbocycles. The van der Waals surface area contributed by atoms with E-state index in [-0.39, 0.29) is 0 Å². The lowest BCUT2D eigenvalue weighted by Gasteiger charge is -1.97. The fraction of sp³-hybridized carbons (Fsp3) is 0.111. The summed E-state index contributed by atoms with van der Waals surface area (Å²) in [6.07, 6.45) is 7.39. The summed E-state index contributed by atoms with van der Waals surface area (Å²) >= 11 is 0. The van der Waals surface area contributed by atoms with Crippen molar-refractivity contribution in [1.82, 2.24) is 29.5 Å². The zero-order valence-corrected chi connectivity index (χ0v) is 13.4. The van der Waals surface area contributed by atoms with Gasteiger partial charge in [-0.1, -0.05) is 30.3 Å². The first-order chi connectivity index (χ1) is 11.7. The Labute approximate surface area is 138 Å². The van der Waals surface area contributed by atoms with Crippen LogP contribution in [0, 0.1) is 13.8 Å². The molecule has 0 aliphatic carbocycles. The molecule has 0 aliphatic rings. The highest BCUT2D eigenvalue weighted by atomic mass is 15.3. The van der Waals surface area contributed by atoms with E-state index in [0.717, 1.165) is 34.1 Å². The molecule has 0 saturated heterocycles. The topological polar surface area (TPSA) is 71.8 Å². The number of aryl methyl sites for hydroxylation is 2. The lowest BCUT2D eigenvalue weighted by molar-refractivity contribution is 0.884. The molecule has 3 heterocycles. The number of hydrogen-bond acceptors (Lipinski definition) is 4. The quantitative estimate of drug-likeness (QED) is 0.629. The zero-order chi connectivity index (χ0) is 16.5. The second-order valence-corrected chi connectivity index (χ2v) is 5.58. The minimum Gasteiger partial charge on any atom is -0.338 e. The van der Waals surface area contributed by atoms with E-state index in [4.69, 9.17) is 0 Å². The number of fused-ring (bicyclic) bond motifs is 1. The fourth-order valence-electron chi connectivity index (χ4n) is 2.51. The number of nitrogens with one attached hydrogen (secondary N) is 1. The van der Waals surface area contributed by atoms with Gasteiger partial charge < -0.3 is 4.98 Å². The highest BCUT2D eigenvalue weighted by Crippen LogP contribution is 2.16. The van der Waals surface area contributed by atoms with Gasteiger partial charge in [0, 0.05) is 11.8 Å². The van der Waals surface area contributed by atoms with Gasteiger partial charge in [0.1, 0.15) is 5.82 Å². The Hall–Kier alpha value is -3.28. The average Bonchev–Trinajstić information content (AvgIpc) is 3.25. The van der Waals surface area contributed by atoms with Crippen LogP contribution in [0.2, 0.25) is 0 Å². The molecule has 0 bridgehead atoms. The maximum Gasteiger partial charge on any atom is 0.177 e. The van der Waals surface area contributed by atoms with Gasteiger partial charge in [-0.3, -0.25) is 4.98 Å². The van der Waals surface area contributed by atoms with E-state index in [2.05, 4.69) is 25.0 Å². The predicted octanol–water partition coefficient (Wildman–Crippen LogP) is 3.30. The first-order valence-corrected chi connectivity index (χ1v) is 7.68. The first kappa shape index (κ1) is 14.3. The normalized spacial score (nSPS) is 11.6. The number of imidazole rings is 1. The molecule has 0 radical (unpaired) electrons. The molecule has 0 spiro atoms. The molecule has 24 heavy (non-hydrogen) atoms. The van der Waals surface area contributed by atoms with E-state index >= 15 is 0 Å². The van der Waals surface area contributed by atoms with Gasteiger partial charge in [-0.05, 0) is 26.0 Å². The van der Waals surface area contributed by atoms with Crippen molar-refractivity contribution >= 4 is 17.8 Å². The molecule has 0 amide bonds. The van der Waals surface area contributed by atoms with Crippen molar-refractivity contribution in [3.05, 3.63) is 65.6 Å². The van der Waals surface area contributed by atoms with Gasteiger partial charge in [0.15, 0.2) is 11.5 Å². The van der Waals surface area contributed by atoms with Gasteiger partial charge >= 0.3 is 0 Å². The predicted molar refractivity (Wildman–Crippen MR) is 93.2 cm³/mol. The Kier molecular flexibility index (Phi) is 3.42. The Balaban J connectivity index is 1.63. The van der Waals surface area contributed by atoms with Crippen LogP contribution < -0.4 is 0 Å². The zero-order valence-electron chi connectivity index (χ0n) is 13.4. The summed E-state index contributed by atoms with van der Waals surface area (Å²) in [5.74, 6) is 1.49. The van der Waals surface area contributed by atoms with Crippen LogP contribution >= 0.6 is 0 Å². The number of aromatic nitrogens is 6. The van der Waals surface area contributed by atoms with E-state index in [1.165, 1.54) is 0 Å². The lowest BCUT2D eigenvalue weighted by atomic mass is 10.2. The van der Waals surface area contributed by atoms with E-state index in [9.17, 15) is 0 Å². The van der Waals surface area contributed by atoms with Gasteiger partial charge in [0.2, 0.25) is 0 Å². The van der Waals surface area contributed by atoms with Crippen LogP contribution in [0.1, 0.15) is 22.9 Å². The number of hydrogen-bond donors (Lipinski definition) is 1. The number of benzene rings is 1. The van der Waals surface area contributed by atoms with Crippen LogP contribution in [0.4, 0.5) is 0 Å². The van der Waals surface area contributed by atoms with Gasteiger partial charge in [-0.25, -0.2) is 14.5 Å². The molecule has 0 aliphatic heterocycles. The Bertz CT molecular complexity index is 987. The third kappa shape index (κ3) is 2.58. The van der Waals surface area contributed by atoms with E-state index < -0.39 is 0 Å². The van der Waals surface area contributed by atoms with Gasteiger partial charge in [0.25, 0.3) is 0 Å². The summed E-state index contributed by atoms with van der Waals surface area (Å²) in [5.41, 5.74) is 4.56. The van der Waals surface area contributed by atoms with E-state index in [0.29, 0.717) is 5.82 Å². The summed E-state index contributed by atoms with van der Waals surface area (Å²) in [5, 5.41) is 4.50. The fourth-order valence-corrected chi connectivity index (χ4v) is 2.51. The van der Waals surface area contributed by atoms with Crippen LogP contribution in [-0.4, -0.2) is 29.5 Å². The Morgan fingerprint density at radius 2 is 1.83 bits per heavy atom. The highest BCUT2D eigenvalue weighted by molar-refractivity contribution is 5.67. The SMILES string of the molecule is Cc1ncc(C)n2nc(/C=C/c3cnc(-c4ccccc4)[nH]3)nc12. The van der Waals surface area contributed by atoms with Crippen molar-refractivity contribution in [3.63, 3.8) is 0 Å². The summed E-state index contributed by atoms with van der Waals surface area (Å²) in [6, 6.07) is 10.0. The van der Waals surface area contributed by atoms with E-state index in [1.54, 1.807) is 12.4 Å². The Morgan fingerprint density at radius 3 is 2.62 bits per heavy atom. The van der Waals surface area contributed by atoms with Crippen LogP contribution in [-0.2, 0) is 0 Å². The second kappa shape index (κ2) is 5.73. The van der Waals surface area contributed by atoms with Crippen molar-refractivity contribution in [2.24, 2.45) is 0 Å². The van der Waals surface area contributed by atoms with Crippen molar-refractivity contribution in [2.75, 3.05) is 0 Å². The molecule has 1 aromatic carbocycles. The van der Waals surface area contributed by atoms with Crippen LogP contribution in [0.5, 0.6) is 0 Å². The molecular weight excluding hydrogens is 300 g/mol. The average molecular weight is 316 g/mol. The molecule has 6 heteroatoms. The smallest absolute Gasteiger partial charge is 0.177 e. The summed E-state index contributed by atoms with van der Waals surface area (Å²) in [6.45, 7) is 3.89. The van der Waals surface area contributed by atoms with Gasteiger partial charge in [-0.15, -0.1) is 5.10 Å². The molecule has 4 rings (SSSR count). The maximum atomic E-state index is 4.52. The number of rotatable bonds is 3. The van der Waals surface area contributed by atoms with Gasteiger partial charge in [0.05, 0.1) is 23.3 Å². The largest absolute Gasteiger partial charge is 0.338 e. The van der Waals surface area contributed by atoms with Crippen molar-refractivity contribution in [3.8, 4) is 11.4 Å². The summed E-state index contributed by atoms with van der Waals surface area (Å²) < 4.78 is 1.81. The summed E-state index contributed by atoms with van der Waals surface area (Å²) in [7, 11) is 0. The molecular formula is C18H16N6.